The second kappa shape index (κ2) is 6.91. The number of allylic oxidation sites excluding steroid dienone is 1. The first kappa shape index (κ1) is 19.2. The topological polar surface area (TPSA) is 57.7 Å². The first-order valence-electron chi connectivity index (χ1n) is 10.5. The van der Waals surface area contributed by atoms with Crippen LogP contribution in [0.2, 0.25) is 0 Å². The van der Waals surface area contributed by atoms with Crippen molar-refractivity contribution in [3.05, 3.63) is 58.3 Å². The molecule has 0 spiro atoms. The number of rotatable bonds is 4. The van der Waals surface area contributed by atoms with E-state index in [1.165, 1.54) is 16.2 Å². The summed E-state index contributed by atoms with van der Waals surface area (Å²) in [4.78, 5) is 44.8. The van der Waals surface area contributed by atoms with Crippen LogP contribution in [0, 0.1) is 11.8 Å². The highest BCUT2D eigenvalue weighted by atomic mass is 32.1. The Morgan fingerprint density at radius 3 is 2.53 bits per heavy atom. The molecule has 154 valence electrons. The van der Waals surface area contributed by atoms with Gasteiger partial charge in [-0.2, -0.15) is 0 Å². The van der Waals surface area contributed by atoms with Gasteiger partial charge in [-0.1, -0.05) is 37.3 Å². The fraction of sp³-hybridized carbons (Fsp3) is 0.375. The minimum Gasteiger partial charge on any atom is -0.352 e. The number of fused-ring (bicyclic) bond motifs is 5. The number of benzene rings is 1. The van der Waals surface area contributed by atoms with E-state index in [2.05, 4.69) is 6.08 Å². The summed E-state index contributed by atoms with van der Waals surface area (Å²) in [7, 11) is 0. The van der Waals surface area contributed by atoms with Crippen molar-refractivity contribution in [1.29, 1.82) is 0 Å². The maximum Gasteiger partial charge on any atom is 0.236 e. The molecule has 5 atom stereocenters. The van der Waals surface area contributed by atoms with Gasteiger partial charge in [-0.15, -0.1) is 11.3 Å². The van der Waals surface area contributed by atoms with E-state index in [9.17, 15) is 14.4 Å². The second-order valence-corrected chi connectivity index (χ2v) is 9.35. The maximum absolute atomic E-state index is 13.7. The molecule has 1 aromatic heterocycles. The molecular weight excluding hydrogens is 396 g/mol. The van der Waals surface area contributed by atoms with Gasteiger partial charge in [-0.05, 0) is 43.4 Å². The summed E-state index contributed by atoms with van der Waals surface area (Å²) >= 11 is 1.39. The van der Waals surface area contributed by atoms with Gasteiger partial charge in [-0.3, -0.25) is 19.3 Å². The number of carbonyl (C=O) groups is 3. The number of anilines is 1. The Balaban J connectivity index is 1.69. The lowest BCUT2D eigenvalue weighted by molar-refractivity contribution is -0.142. The molecular formula is C24H24N2O3S. The van der Waals surface area contributed by atoms with Gasteiger partial charge in [0.25, 0.3) is 0 Å². The molecule has 2 amide bonds. The third kappa shape index (κ3) is 2.49. The summed E-state index contributed by atoms with van der Waals surface area (Å²) in [5.74, 6) is -1.59. The number of hydrogen-bond donors (Lipinski definition) is 0. The van der Waals surface area contributed by atoms with Gasteiger partial charge in [0.15, 0.2) is 5.78 Å². The molecule has 2 saturated heterocycles. The Bertz CT molecular complexity index is 1070. The van der Waals surface area contributed by atoms with E-state index in [4.69, 9.17) is 0 Å². The zero-order valence-corrected chi connectivity index (χ0v) is 18.1. The fourth-order valence-corrected chi connectivity index (χ4v) is 6.00. The second-order valence-electron chi connectivity index (χ2n) is 8.41. The van der Waals surface area contributed by atoms with Gasteiger partial charge in [0, 0.05) is 17.3 Å². The largest absolute Gasteiger partial charge is 0.352 e. The van der Waals surface area contributed by atoms with E-state index in [1.807, 2.05) is 61.4 Å². The minimum atomic E-state index is -0.672. The zero-order chi connectivity index (χ0) is 21.2. The van der Waals surface area contributed by atoms with Crippen LogP contribution < -0.4 is 4.90 Å². The standard InChI is InChI=1S/C24H24N2O3S/c1-4-14(3)25-23(28)19-17-12-13(2)15-8-5-6-9-16(15)26(17)21(20(19)24(25)29)22(27)18-10-7-11-30-18/h5-12,14,17,19-21H,4H2,1-3H3/t14-,17-,19-,20-,21-/m0/s1. The number of likely N-dealkylation sites (tertiary alicyclic amines) is 1. The summed E-state index contributed by atoms with van der Waals surface area (Å²) in [6, 6.07) is 10.5. The molecule has 5 nitrogen and oxygen atoms in total. The fourth-order valence-electron chi connectivity index (χ4n) is 5.30. The maximum atomic E-state index is 13.7. The third-order valence-corrected chi connectivity index (χ3v) is 7.74. The summed E-state index contributed by atoms with van der Waals surface area (Å²) in [6.45, 7) is 5.91. The number of para-hydroxylation sites is 1. The van der Waals surface area contributed by atoms with E-state index >= 15 is 0 Å². The molecule has 30 heavy (non-hydrogen) atoms. The quantitative estimate of drug-likeness (QED) is 0.554. The van der Waals surface area contributed by atoms with Crippen molar-refractivity contribution in [2.45, 2.75) is 45.3 Å². The third-order valence-electron chi connectivity index (χ3n) is 6.85. The van der Waals surface area contributed by atoms with E-state index in [0.717, 1.165) is 16.8 Å². The van der Waals surface area contributed by atoms with E-state index < -0.39 is 17.9 Å². The van der Waals surface area contributed by atoms with Crippen LogP contribution in [0.25, 0.3) is 5.57 Å². The Kier molecular flexibility index (Phi) is 4.43. The van der Waals surface area contributed by atoms with Crippen LogP contribution in [0.5, 0.6) is 0 Å². The van der Waals surface area contributed by atoms with Gasteiger partial charge < -0.3 is 4.90 Å². The molecule has 1 aromatic carbocycles. The molecule has 6 heteroatoms. The molecule has 0 radical (unpaired) electrons. The van der Waals surface area contributed by atoms with Crippen molar-refractivity contribution in [2.75, 3.05) is 4.90 Å². The van der Waals surface area contributed by atoms with Crippen molar-refractivity contribution in [3.63, 3.8) is 0 Å². The molecule has 2 fully saturated rings. The number of carbonyl (C=O) groups excluding carboxylic acids is 3. The normalized spacial score (nSPS) is 28.2. The molecule has 4 heterocycles. The van der Waals surface area contributed by atoms with Crippen LogP contribution in [0.3, 0.4) is 0 Å². The van der Waals surface area contributed by atoms with E-state index in [1.54, 1.807) is 6.07 Å². The molecule has 0 bridgehead atoms. The first-order chi connectivity index (χ1) is 14.5. The summed E-state index contributed by atoms with van der Waals surface area (Å²) in [5, 5.41) is 1.87. The smallest absolute Gasteiger partial charge is 0.236 e. The number of hydrogen-bond acceptors (Lipinski definition) is 5. The molecule has 3 aliphatic heterocycles. The number of thiophene rings is 1. The van der Waals surface area contributed by atoms with Crippen LogP contribution in [0.15, 0.2) is 47.9 Å². The van der Waals surface area contributed by atoms with Crippen LogP contribution in [0.1, 0.15) is 42.4 Å². The average molecular weight is 421 g/mol. The van der Waals surface area contributed by atoms with E-state index in [0.29, 0.717) is 11.3 Å². The van der Waals surface area contributed by atoms with Crippen LogP contribution in [-0.4, -0.2) is 40.6 Å². The van der Waals surface area contributed by atoms with Crippen molar-refractivity contribution in [3.8, 4) is 0 Å². The Labute approximate surface area is 180 Å². The number of imide groups is 1. The number of ketones is 1. The minimum absolute atomic E-state index is 0.0718. The summed E-state index contributed by atoms with van der Waals surface area (Å²) in [5.41, 5.74) is 3.07. The lowest BCUT2D eigenvalue weighted by atomic mass is 9.86. The van der Waals surface area contributed by atoms with Crippen LogP contribution in [0.4, 0.5) is 5.69 Å². The number of nitrogens with zero attached hydrogens (tertiary/aromatic N) is 2. The molecule has 0 N–H and O–H groups in total. The molecule has 2 aromatic rings. The average Bonchev–Trinajstić information content (AvgIpc) is 3.44. The van der Waals surface area contributed by atoms with Crippen LogP contribution in [-0.2, 0) is 9.59 Å². The van der Waals surface area contributed by atoms with Gasteiger partial charge in [0.2, 0.25) is 11.8 Å². The van der Waals surface area contributed by atoms with E-state index in [-0.39, 0.29) is 29.7 Å². The highest BCUT2D eigenvalue weighted by Crippen LogP contribution is 2.50. The number of amides is 2. The summed E-state index contributed by atoms with van der Waals surface area (Å²) in [6.07, 6.45) is 2.78. The van der Waals surface area contributed by atoms with Gasteiger partial charge in [-0.25, -0.2) is 0 Å². The molecule has 0 aliphatic carbocycles. The zero-order valence-electron chi connectivity index (χ0n) is 17.2. The number of Topliss-reactive ketones (excluding diaryl/α,β-unsaturated/α-hetero) is 1. The van der Waals surface area contributed by atoms with Crippen LogP contribution >= 0.6 is 11.3 Å². The SMILES string of the molecule is CC[C@H](C)N1C(=O)[C@@H]2[C@H](C1=O)[C@@H](C(=O)c1cccs1)N1c3ccccc3C(C)=C[C@@H]21. The van der Waals surface area contributed by atoms with Crippen molar-refractivity contribution >= 4 is 40.2 Å². The molecule has 0 saturated carbocycles. The monoisotopic (exact) mass is 420 g/mol. The summed E-state index contributed by atoms with van der Waals surface area (Å²) < 4.78 is 0. The van der Waals surface area contributed by atoms with Crippen molar-refractivity contribution in [1.82, 2.24) is 4.90 Å². The van der Waals surface area contributed by atoms with Gasteiger partial charge >= 0.3 is 0 Å². The Morgan fingerprint density at radius 2 is 1.83 bits per heavy atom. The lowest BCUT2D eigenvalue weighted by Crippen LogP contribution is -2.50. The van der Waals surface area contributed by atoms with Gasteiger partial charge in [0.05, 0.1) is 22.8 Å². The molecule has 5 rings (SSSR count). The highest BCUT2D eigenvalue weighted by Gasteiger charge is 2.64. The molecule has 3 aliphatic rings. The lowest BCUT2D eigenvalue weighted by Gasteiger charge is -2.38. The van der Waals surface area contributed by atoms with Crippen molar-refractivity contribution < 1.29 is 14.4 Å². The van der Waals surface area contributed by atoms with Crippen molar-refractivity contribution in [2.24, 2.45) is 11.8 Å². The molecule has 0 unspecified atom stereocenters. The predicted octanol–water partition coefficient (Wildman–Crippen LogP) is 4.00. The highest BCUT2D eigenvalue weighted by molar-refractivity contribution is 7.12. The van der Waals surface area contributed by atoms with Gasteiger partial charge in [0.1, 0.15) is 6.04 Å². The first-order valence-corrected chi connectivity index (χ1v) is 11.3. The Hall–Kier alpha value is -2.73. The Morgan fingerprint density at radius 1 is 1.10 bits per heavy atom. The predicted molar refractivity (Wildman–Crippen MR) is 117 cm³/mol.